The Morgan fingerprint density at radius 1 is 1.21 bits per heavy atom. The second kappa shape index (κ2) is 6.95. The molecule has 0 saturated heterocycles. The quantitative estimate of drug-likeness (QED) is 0.782. The number of aryl methyl sites for hydroxylation is 1. The predicted octanol–water partition coefficient (Wildman–Crippen LogP) is 3.17. The molecule has 0 atom stereocenters. The van der Waals surface area contributed by atoms with Crippen molar-refractivity contribution in [3.63, 3.8) is 0 Å². The summed E-state index contributed by atoms with van der Waals surface area (Å²) in [6, 6.07) is 10.1. The van der Waals surface area contributed by atoms with Gasteiger partial charge in [-0.25, -0.2) is 4.98 Å². The van der Waals surface area contributed by atoms with Crippen LogP contribution in [0.4, 0.5) is 5.69 Å². The van der Waals surface area contributed by atoms with E-state index in [1.807, 2.05) is 6.92 Å². The highest BCUT2D eigenvalue weighted by Gasteiger charge is 2.08. The molecule has 0 aliphatic heterocycles. The minimum atomic E-state index is -0.235. The molecule has 2 aromatic heterocycles. The van der Waals surface area contributed by atoms with Gasteiger partial charge >= 0.3 is 0 Å². The van der Waals surface area contributed by atoms with Crippen LogP contribution in [0.3, 0.4) is 0 Å². The number of pyridine rings is 1. The summed E-state index contributed by atoms with van der Waals surface area (Å²) < 4.78 is 6.80. The highest BCUT2D eigenvalue weighted by atomic mass is 16.3. The molecule has 3 rings (SSSR count). The molecule has 0 radical (unpaired) electrons. The predicted molar refractivity (Wildman–Crippen MR) is 90.9 cm³/mol. The van der Waals surface area contributed by atoms with E-state index in [1.165, 1.54) is 12.5 Å². The number of oxazole rings is 1. The molecule has 24 heavy (non-hydrogen) atoms. The molecule has 0 fully saturated rings. The summed E-state index contributed by atoms with van der Waals surface area (Å²) in [5.74, 6) is 0.411. The summed E-state index contributed by atoms with van der Waals surface area (Å²) in [7, 11) is 0. The third kappa shape index (κ3) is 3.43. The molecule has 0 bridgehead atoms. The van der Waals surface area contributed by atoms with Crippen molar-refractivity contribution in [3.05, 3.63) is 71.1 Å². The van der Waals surface area contributed by atoms with Gasteiger partial charge in [0, 0.05) is 29.9 Å². The Hall–Kier alpha value is -3.15. The van der Waals surface area contributed by atoms with Gasteiger partial charge in [0.15, 0.2) is 12.2 Å². The molecule has 0 aliphatic rings. The Balaban J connectivity index is 1.75. The van der Waals surface area contributed by atoms with Crippen LogP contribution in [-0.4, -0.2) is 15.5 Å². The number of hydrogen-bond donors (Lipinski definition) is 1. The van der Waals surface area contributed by atoms with Crippen LogP contribution in [0, 0.1) is 0 Å². The SMILES string of the molecule is CCCn1cc(NC(=O)c2ccc(-c3cnco3)cc2)ccc1=O. The molecule has 6 heteroatoms. The molecule has 122 valence electrons. The van der Waals surface area contributed by atoms with Crippen molar-refractivity contribution < 1.29 is 9.21 Å². The van der Waals surface area contributed by atoms with E-state index in [9.17, 15) is 9.59 Å². The van der Waals surface area contributed by atoms with Crippen molar-refractivity contribution in [3.8, 4) is 11.3 Å². The third-order valence-electron chi connectivity index (χ3n) is 3.57. The van der Waals surface area contributed by atoms with Crippen molar-refractivity contribution >= 4 is 11.6 Å². The number of rotatable bonds is 5. The Morgan fingerprint density at radius 2 is 2.00 bits per heavy atom. The fourth-order valence-corrected chi connectivity index (χ4v) is 2.37. The first kappa shape index (κ1) is 15.7. The molecule has 6 nitrogen and oxygen atoms in total. The van der Waals surface area contributed by atoms with Crippen LogP contribution in [0.2, 0.25) is 0 Å². The van der Waals surface area contributed by atoms with E-state index in [4.69, 9.17) is 4.42 Å². The lowest BCUT2D eigenvalue weighted by molar-refractivity contribution is 0.102. The minimum absolute atomic E-state index is 0.0775. The summed E-state index contributed by atoms with van der Waals surface area (Å²) in [5.41, 5.74) is 1.88. The van der Waals surface area contributed by atoms with E-state index in [0.29, 0.717) is 23.6 Å². The lowest BCUT2D eigenvalue weighted by Crippen LogP contribution is -2.20. The fourth-order valence-electron chi connectivity index (χ4n) is 2.37. The van der Waals surface area contributed by atoms with Crippen LogP contribution < -0.4 is 10.9 Å². The number of benzene rings is 1. The zero-order valence-electron chi connectivity index (χ0n) is 13.2. The Morgan fingerprint density at radius 3 is 2.67 bits per heavy atom. The van der Waals surface area contributed by atoms with Crippen molar-refractivity contribution in [1.82, 2.24) is 9.55 Å². The second-order valence-electron chi connectivity index (χ2n) is 5.35. The lowest BCUT2D eigenvalue weighted by atomic mass is 10.1. The van der Waals surface area contributed by atoms with Crippen molar-refractivity contribution in [2.75, 3.05) is 5.32 Å². The molecular formula is C18H17N3O3. The molecule has 0 spiro atoms. The first-order chi connectivity index (χ1) is 11.7. The van der Waals surface area contributed by atoms with Gasteiger partial charge in [-0.2, -0.15) is 0 Å². The summed E-state index contributed by atoms with van der Waals surface area (Å²) in [6.45, 7) is 2.61. The molecule has 1 N–H and O–H groups in total. The first-order valence-corrected chi connectivity index (χ1v) is 7.68. The number of carbonyl (C=O) groups is 1. The number of aromatic nitrogens is 2. The largest absolute Gasteiger partial charge is 0.444 e. The molecule has 0 aliphatic carbocycles. The van der Waals surface area contributed by atoms with Crippen LogP contribution in [0.1, 0.15) is 23.7 Å². The van der Waals surface area contributed by atoms with Gasteiger partial charge in [0.2, 0.25) is 0 Å². The molecule has 1 amide bonds. The molecule has 3 aromatic rings. The summed E-state index contributed by atoms with van der Waals surface area (Å²) in [6.07, 6.45) is 5.49. The monoisotopic (exact) mass is 323 g/mol. The topological polar surface area (TPSA) is 77.1 Å². The van der Waals surface area contributed by atoms with Gasteiger partial charge in [0.25, 0.3) is 11.5 Å². The van der Waals surface area contributed by atoms with Gasteiger partial charge in [-0.05, 0) is 24.6 Å². The van der Waals surface area contributed by atoms with E-state index in [-0.39, 0.29) is 11.5 Å². The second-order valence-corrected chi connectivity index (χ2v) is 5.35. The Bertz CT molecular complexity index is 881. The van der Waals surface area contributed by atoms with Gasteiger partial charge < -0.3 is 14.3 Å². The standard InChI is InChI=1S/C18H17N3O3/c1-2-9-21-11-15(7-8-17(21)22)20-18(23)14-5-3-13(4-6-14)16-10-19-12-24-16/h3-8,10-12H,2,9H2,1H3,(H,20,23). The van der Waals surface area contributed by atoms with E-state index < -0.39 is 0 Å². The molecule has 1 aromatic carbocycles. The van der Waals surface area contributed by atoms with Crippen molar-refractivity contribution in [2.24, 2.45) is 0 Å². The smallest absolute Gasteiger partial charge is 0.255 e. The number of nitrogens with one attached hydrogen (secondary N) is 1. The summed E-state index contributed by atoms with van der Waals surface area (Å²) >= 11 is 0. The van der Waals surface area contributed by atoms with E-state index in [0.717, 1.165) is 12.0 Å². The third-order valence-corrected chi connectivity index (χ3v) is 3.57. The first-order valence-electron chi connectivity index (χ1n) is 7.68. The van der Waals surface area contributed by atoms with Crippen LogP contribution in [0.15, 0.2) is 64.4 Å². The van der Waals surface area contributed by atoms with Crippen LogP contribution >= 0.6 is 0 Å². The highest BCUT2D eigenvalue weighted by Crippen LogP contribution is 2.19. The number of carbonyl (C=O) groups excluding carboxylic acids is 1. The van der Waals surface area contributed by atoms with E-state index in [2.05, 4.69) is 10.3 Å². The summed E-state index contributed by atoms with van der Waals surface area (Å²) in [5, 5.41) is 2.80. The lowest BCUT2D eigenvalue weighted by Gasteiger charge is -2.09. The fraction of sp³-hybridized carbons (Fsp3) is 0.167. The van der Waals surface area contributed by atoms with Crippen LogP contribution in [-0.2, 0) is 6.54 Å². The zero-order chi connectivity index (χ0) is 16.9. The van der Waals surface area contributed by atoms with Gasteiger partial charge in [-0.15, -0.1) is 0 Å². The molecular weight excluding hydrogens is 306 g/mol. The van der Waals surface area contributed by atoms with Crippen LogP contribution in [0.25, 0.3) is 11.3 Å². The number of nitrogens with zero attached hydrogens (tertiary/aromatic N) is 2. The number of amides is 1. The van der Waals surface area contributed by atoms with Gasteiger partial charge in [0.1, 0.15) is 0 Å². The average Bonchev–Trinajstić information content (AvgIpc) is 3.13. The maximum atomic E-state index is 12.3. The molecule has 0 saturated carbocycles. The van der Waals surface area contributed by atoms with Gasteiger partial charge in [-0.1, -0.05) is 19.1 Å². The van der Waals surface area contributed by atoms with Crippen molar-refractivity contribution in [2.45, 2.75) is 19.9 Å². The normalized spacial score (nSPS) is 10.5. The molecule has 0 unspecified atom stereocenters. The maximum absolute atomic E-state index is 12.3. The highest BCUT2D eigenvalue weighted by molar-refractivity contribution is 6.04. The molecule has 2 heterocycles. The van der Waals surface area contributed by atoms with Crippen molar-refractivity contribution in [1.29, 1.82) is 0 Å². The average molecular weight is 323 g/mol. The minimum Gasteiger partial charge on any atom is -0.444 e. The number of anilines is 1. The van der Waals surface area contributed by atoms with E-state index in [1.54, 1.807) is 47.3 Å². The summed E-state index contributed by atoms with van der Waals surface area (Å²) in [4.78, 5) is 27.9. The maximum Gasteiger partial charge on any atom is 0.255 e. The van der Waals surface area contributed by atoms with E-state index >= 15 is 0 Å². The number of hydrogen-bond acceptors (Lipinski definition) is 4. The van der Waals surface area contributed by atoms with Crippen LogP contribution in [0.5, 0.6) is 0 Å². The van der Waals surface area contributed by atoms with Gasteiger partial charge in [-0.3, -0.25) is 9.59 Å². The zero-order valence-corrected chi connectivity index (χ0v) is 13.2. The Labute approximate surface area is 138 Å². The van der Waals surface area contributed by atoms with Gasteiger partial charge in [0.05, 0.1) is 11.9 Å². The Kier molecular flexibility index (Phi) is 4.56.